The number of halogens is 2. The van der Waals surface area contributed by atoms with Crippen molar-refractivity contribution in [3.05, 3.63) is 58.3 Å². The first-order chi connectivity index (χ1) is 10.2. The first-order valence-corrected chi connectivity index (χ1v) is 8.22. The van der Waals surface area contributed by atoms with E-state index in [0.717, 1.165) is 28.0 Å². The van der Waals surface area contributed by atoms with Crippen molar-refractivity contribution in [3.8, 4) is 0 Å². The molecule has 0 bridgehead atoms. The van der Waals surface area contributed by atoms with Gasteiger partial charge in [-0.05, 0) is 29.8 Å². The molecule has 0 radical (unpaired) electrons. The quantitative estimate of drug-likeness (QED) is 0.727. The molecular weight excluding hydrogens is 353 g/mol. The Bertz CT molecular complexity index is 594. The Hall–Kier alpha value is -0.880. The lowest BCUT2D eigenvalue weighted by molar-refractivity contribution is 0.199. The van der Waals surface area contributed by atoms with Crippen molar-refractivity contribution in [3.63, 3.8) is 0 Å². The number of hydrogen-bond acceptors (Lipinski definition) is 3. The van der Waals surface area contributed by atoms with Crippen LogP contribution < -0.4 is 5.32 Å². The van der Waals surface area contributed by atoms with E-state index < -0.39 is 0 Å². The van der Waals surface area contributed by atoms with Crippen LogP contribution in [-0.2, 0) is 11.3 Å². The van der Waals surface area contributed by atoms with Gasteiger partial charge in [0.1, 0.15) is 5.82 Å². The highest BCUT2D eigenvalue weighted by Crippen LogP contribution is 2.33. The second-order valence-electron chi connectivity index (χ2n) is 4.45. The van der Waals surface area contributed by atoms with Crippen molar-refractivity contribution in [2.24, 2.45) is 0 Å². The van der Waals surface area contributed by atoms with E-state index in [-0.39, 0.29) is 5.82 Å². The van der Waals surface area contributed by atoms with E-state index in [1.54, 1.807) is 19.2 Å². The minimum absolute atomic E-state index is 0.194. The minimum Gasteiger partial charge on any atom is -0.383 e. The van der Waals surface area contributed by atoms with E-state index in [0.29, 0.717) is 11.5 Å². The molecule has 0 saturated heterocycles. The topological polar surface area (TPSA) is 21.3 Å². The molecule has 2 rings (SSSR count). The standard InChI is InChI=1S/C16H17BrFNOS/c1-20-9-8-19-11-12-6-7-13(17)10-16(12)21-15-5-3-2-4-14(15)18/h2-7,10,19H,8-9,11H2,1H3. The molecule has 0 unspecified atom stereocenters. The van der Waals surface area contributed by atoms with Gasteiger partial charge in [0.2, 0.25) is 0 Å². The molecule has 1 N–H and O–H groups in total. The zero-order valence-electron chi connectivity index (χ0n) is 11.7. The predicted octanol–water partition coefficient (Wildman–Crippen LogP) is 4.48. The number of methoxy groups -OCH3 is 1. The number of rotatable bonds is 7. The van der Waals surface area contributed by atoms with Crippen molar-refractivity contribution >= 4 is 27.7 Å². The van der Waals surface area contributed by atoms with Crippen molar-refractivity contribution < 1.29 is 9.13 Å². The van der Waals surface area contributed by atoms with Crippen LogP contribution in [0.4, 0.5) is 4.39 Å². The Balaban J connectivity index is 2.13. The summed E-state index contributed by atoms with van der Waals surface area (Å²) in [5, 5.41) is 3.32. The Labute approximate surface area is 137 Å². The average Bonchev–Trinajstić information content (AvgIpc) is 2.48. The Kier molecular flexibility index (Phi) is 6.70. The number of benzene rings is 2. The smallest absolute Gasteiger partial charge is 0.137 e. The minimum atomic E-state index is -0.194. The summed E-state index contributed by atoms with van der Waals surface area (Å²) in [6.07, 6.45) is 0. The number of hydrogen-bond donors (Lipinski definition) is 1. The van der Waals surface area contributed by atoms with Gasteiger partial charge in [-0.3, -0.25) is 0 Å². The Morgan fingerprint density at radius 3 is 2.76 bits per heavy atom. The van der Waals surface area contributed by atoms with Crippen LogP contribution in [0.15, 0.2) is 56.7 Å². The molecular formula is C16H17BrFNOS. The average molecular weight is 370 g/mol. The van der Waals surface area contributed by atoms with E-state index >= 15 is 0 Å². The summed E-state index contributed by atoms with van der Waals surface area (Å²) >= 11 is 4.92. The van der Waals surface area contributed by atoms with Crippen molar-refractivity contribution in [2.75, 3.05) is 20.3 Å². The fraction of sp³-hybridized carbons (Fsp3) is 0.250. The van der Waals surface area contributed by atoms with Gasteiger partial charge < -0.3 is 10.1 Å². The molecule has 0 fully saturated rings. The van der Waals surface area contributed by atoms with Crippen LogP contribution in [0.2, 0.25) is 0 Å². The lowest BCUT2D eigenvalue weighted by Gasteiger charge is -2.11. The molecule has 0 amide bonds. The molecule has 0 atom stereocenters. The van der Waals surface area contributed by atoms with Crippen LogP contribution in [-0.4, -0.2) is 20.3 Å². The summed E-state index contributed by atoms with van der Waals surface area (Å²) in [6, 6.07) is 12.9. The molecule has 21 heavy (non-hydrogen) atoms. The molecule has 0 aromatic heterocycles. The molecule has 0 heterocycles. The van der Waals surface area contributed by atoms with E-state index in [9.17, 15) is 4.39 Å². The van der Waals surface area contributed by atoms with E-state index in [4.69, 9.17) is 4.74 Å². The molecule has 112 valence electrons. The zero-order valence-corrected chi connectivity index (χ0v) is 14.1. The maximum Gasteiger partial charge on any atom is 0.137 e. The van der Waals surface area contributed by atoms with E-state index in [1.807, 2.05) is 24.3 Å². The van der Waals surface area contributed by atoms with Crippen LogP contribution in [0, 0.1) is 5.82 Å². The molecule has 5 heteroatoms. The van der Waals surface area contributed by atoms with E-state index in [1.165, 1.54) is 17.8 Å². The molecule has 2 aromatic carbocycles. The van der Waals surface area contributed by atoms with Gasteiger partial charge in [-0.1, -0.05) is 45.9 Å². The van der Waals surface area contributed by atoms with E-state index in [2.05, 4.69) is 21.2 Å². The highest BCUT2D eigenvalue weighted by atomic mass is 79.9. The van der Waals surface area contributed by atoms with Crippen molar-refractivity contribution in [1.82, 2.24) is 5.32 Å². The van der Waals surface area contributed by atoms with Gasteiger partial charge in [0.15, 0.2) is 0 Å². The molecule has 2 aromatic rings. The van der Waals surface area contributed by atoms with Gasteiger partial charge >= 0.3 is 0 Å². The summed E-state index contributed by atoms with van der Waals surface area (Å²) in [5.41, 5.74) is 1.14. The first-order valence-electron chi connectivity index (χ1n) is 6.61. The molecule has 0 aliphatic rings. The molecule has 0 aliphatic heterocycles. The Morgan fingerprint density at radius 1 is 1.19 bits per heavy atom. The predicted molar refractivity (Wildman–Crippen MR) is 88.2 cm³/mol. The second kappa shape index (κ2) is 8.54. The summed E-state index contributed by atoms with van der Waals surface area (Å²) in [7, 11) is 1.68. The highest BCUT2D eigenvalue weighted by Gasteiger charge is 2.08. The van der Waals surface area contributed by atoms with Crippen LogP contribution in [0.1, 0.15) is 5.56 Å². The fourth-order valence-corrected chi connectivity index (χ4v) is 3.33. The lowest BCUT2D eigenvalue weighted by atomic mass is 10.2. The third kappa shape index (κ3) is 5.11. The Morgan fingerprint density at radius 2 is 2.00 bits per heavy atom. The third-order valence-electron chi connectivity index (χ3n) is 2.88. The molecule has 2 nitrogen and oxygen atoms in total. The second-order valence-corrected chi connectivity index (χ2v) is 6.45. The first kappa shape index (κ1) is 16.5. The van der Waals surface area contributed by atoms with Crippen LogP contribution in [0.3, 0.4) is 0 Å². The van der Waals surface area contributed by atoms with Gasteiger partial charge in [0.05, 0.1) is 6.61 Å². The molecule has 0 spiro atoms. The summed E-state index contributed by atoms with van der Waals surface area (Å²) in [4.78, 5) is 1.67. The largest absolute Gasteiger partial charge is 0.383 e. The van der Waals surface area contributed by atoms with Gasteiger partial charge in [-0.15, -0.1) is 0 Å². The maximum absolute atomic E-state index is 13.8. The van der Waals surface area contributed by atoms with Crippen LogP contribution in [0.5, 0.6) is 0 Å². The zero-order chi connectivity index (χ0) is 15.1. The SMILES string of the molecule is COCCNCc1ccc(Br)cc1Sc1ccccc1F. The van der Waals surface area contributed by atoms with Crippen LogP contribution in [0.25, 0.3) is 0 Å². The van der Waals surface area contributed by atoms with Crippen molar-refractivity contribution in [1.29, 1.82) is 0 Å². The summed E-state index contributed by atoms with van der Waals surface area (Å²) < 4.78 is 19.8. The maximum atomic E-state index is 13.8. The van der Waals surface area contributed by atoms with Gasteiger partial charge in [0.25, 0.3) is 0 Å². The number of nitrogens with one attached hydrogen (secondary N) is 1. The van der Waals surface area contributed by atoms with Gasteiger partial charge in [0, 0.05) is 34.5 Å². The summed E-state index contributed by atoms with van der Waals surface area (Å²) in [5.74, 6) is -0.194. The van der Waals surface area contributed by atoms with Gasteiger partial charge in [-0.25, -0.2) is 4.39 Å². The summed E-state index contributed by atoms with van der Waals surface area (Å²) in [6.45, 7) is 2.19. The van der Waals surface area contributed by atoms with Crippen LogP contribution >= 0.6 is 27.7 Å². The monoisotopic (exact) mass is 369 g/mol. The van der Waals surface area contributed by atoms with Crippen molar-refractivity contribution in [2.45, 2.75) is 16.3 Å². The number of ether oxygens (including phenoxy) is 1. The third-order valence-corrected chi connectivity index (χ3v) is 4.53. The van der Waals surface area contributed by atoms with Gasteiger partial charge in [-0.2, -0.15) is 0 Å². The highest BCUT2D eigenvalue weighted by molar-refractivity contribution is 9.10. The molecule has 0 aliphatic carbocycles. The lowest BCUT2D eigenvalue weighted by Crippen LogP contribution is -2.18. The molecule has 0 saturated carbocycles. The fourth-order valence-electron chi connectivity index (χ4n) is 1.81. The normalized spacial score (nSPS) is 10.8.